The van der Waals surface area contributed by atoms with Gasteiger partial charge in [-0.2, -0.15) is 9.30 Å². The third kappa shape index (κ3) is 4.25. The lowest BCUT2D eigenvalue weighted by molar-refractivity contribution is -0.121. The van der Waals surface area contributed by atoms with Gasteiger partial charge in [-0.25, -0.2) is 8.42 Å². The molecular weight excluding hydrogens is 470 g/mol. The first-order valence-electron chi connectivity index (χ1n) is 9.99. The molecule has 0 bridgehead atoms. The van der Waals surface area contributed by atoms with E-state index in [1.807, 2.05) is 16.7 Å². The summed E-state index contributed by atoms with van der Waals surface area (Å²) in [7, 11) is -2.33. The van der Waals surface area contributed by atoms with Crippen LogP contribution in [0, 0.1) is 0 Å². The molecule has 0 spiro atoms. The van der Waals surface area contributed by atoms with E-state index in [4.69, 9.17) is 16.3 Å². The number of rotatable bonds is 6. The van der Waals surface area contributed by atoms with Gasteiger partial charge < -0.3 is 9.30 Å². The fourth-order valence-electron chi connectivity index (χ4n) is 3.76. The molecule has 0 saturated carbocycles. The molecule has 3 aromatic rings. The third-order valence-electron chi connectivity index (χ3n) is 5.32. The van der Waals surface area contributed by atoms with E-state index in [0.717, 1.165) is 10.2 Å². The van der Waals surface area contributed by atoms with Gasteiger partial charge in [0.2, 0.25) is 10.0 Å². The van der Waals surface area contributed by atoms with Crippen molar-refractivity contribution in [2.24, 2.45) is 4.99 Å². The van der Waals surface area contributed by atoms with Gasteiger partial charge in [0.05, 0.1) is 22.2 Å². The average Bonchev–Trinajstić information content (AvgIpc) is 3.40. The maximum Gasteiger partial charge on any atom is 0.266 e. The molecule has 1 amide bonds. The zero-order valence-electron chi connectivity index (χ0n) is 17.4. The Labute approximate surface area is 195 Å². The Morgan fingerprint density at radius 2 is 2.06 bits per heavy atom. The first-order chi connectivity index (χ1) is 15.3. The van der Waals surface area contributed by atoms with E-state index < -0.39 is 22.0 Å². The number of halogens is 1. The van der Waals surface area contributed by atoms with Crippen LogP contribution in [0.1, 0.15) is 12.8 Å². The number of carbonyl (C=O) groups is 1. The number of hydrogen-bond acceptors (Lipinski definition) is 5. The molecule has 10 heteroatoms. The summed E-state index contributed by atoms with van der Waals surface area (Å²) in [4.78, 5) is 18.1. The summed E-state index contributed by atoms with van der Waals surface area (Å²) in [5.41, 5.74) is 0.889. The molecule has 1 aliphatic rings. The second-order valence-corrected chi connectivity index (χ2v) is 10.6. The molecule has 1 saturated heterocycles. The molecule has 32 heavy (non-hydrogen) atoms. The molecule has 1 fully saturated rings. The minimum Gasteiger partial charge on any atom is -0.497 e. The number of sulfonamides is 1. The zero-order chi connectivity index (χ0) is 22.9. The predicted molar refractivity (Wildman–Crippen MR) is 125 cm³/mol. The zero-order valence-corrected chi connectivity index (χ0v) is 19.8. The van der Waals surface area contributed by atoms with Gasteiger partial charge in [-0.3, -0.25) is 4.79 Å². The van der Waals surface area contributed by atoms with E-state index in [0.29, 0.717) is 35.0 Å². The Hall–Kier alpha value is -2.46. The Balaban J connectivity index is 1.70. The van der Waals surface area contributed by atoms with E-state index in [9.17, 15) is 13.2 Å². The fraction of sp³-hybridized carbons (Fsp3) is 0.273. The molecule has 1 unspecified atom stereocenters. The SMILES string of the molecule is C=CCn1c(=NC(=O)C2CCCN2S(=O)(=O)c2ccc(OC)cc2)sc2cc(Cl)ccc21. The summed E-state index contributed by atoms with van der Waals surface area (Å²) in [6.07, 6.45) is 2.74. The van der Waals surface area contributed by atoms with Crippen molar-refractivity contribution in [1.29, 1.82) is 0 Å². The highest BCUT2D eigenvalue weighted by Crippen LogP contribution is 2.28. The molecule has 168 valence electrons. The van der Waals surface area contributed by atoms with E-state index in [2.05, 4.69) is 11.6 Å². The second kappa shape index (κ2) is 9.19. The largest absolute Gasteiger partial charge is 0.497 e. The molecule has 1 atom stereocenters. The normalized spacial score (nSPS) is 17.7. The molecule has 1 aromatic heterocycles. The van der Waals surface area contributed by atoms with Crippen molar-refractivity contribution in [2.75, 3.05) is 13.7 Å². The monoisotopic (exact) mass is 491 g/mol. The highest BCUT2D eigenvalue weighted by Gasteiger charge is 2.39. The van der Waals surface area contributed by atoms with E-state index in [1.54, 1.807) is 24.3 Å². The van der Waals surface area contributed by atoms with E-state index in [1.165, 1.54) is 34.9 Å². The van der Waals surface area contributed by atoms with Crippen molar-refractivity contribution in [3.63, 3.8) is 0 Å². The number of benzene rings is 2. The van der Waals surface area contributed by atoms with Gasteiger partial charge in [0.1, 0.15) is 11.8 Å². The van der Waals surface area contributed by atoms with Crippen LogP contribution in [0.15, 0.2) is 65.0 Å². The van der Waals surface area contributed by atoms with Crippen LogP contribution in [-0.2, 0) is 21.4 Å². The lowest BCUT2D eigenvalue weighted by atomic mass is 10.2. The Morgan fingerprint density at radius 3 is 2.75 bits per heavy atom. The number of carbonyl (C=O) groups excluding carboxylic acids is 1. The van der Waals surface area contributed by atoms with Gasteiger partial charge in [0.25, 0.3) is 5.91 Å². The molecule has 2 aromatic carbocycles. The topological polar surface area (TPSA) is 81.0 Å². The van der Waals surface area contributed by atoms with Crippen molar-refractivity contribution < 1.29 is 17.9 Å². The van der Waals surface area contributed by atoms with Crippen LogP contribution in [-0.4, -0.2) is 42.9 Å². The highest BCUT2D eigenvalue weighted by atomic mass is 35.5. The first-order valence-corrected chi connectivity index (χ1v) is 12.6. The fourth-order valence-corrected chi connectivity index (χ4v) is 6.74. The van der Waals surface area contributed by atoms with Crippen LogP contribution in [0.5, 0.6) is 5.75 Å². The van der Waals surface area contributed by atoms with Gasteiger partial charge in [0.15, 0.2) is 4.80 Å². The van der Waals surface area contributed by atoms with Gasteiger partial charge >= 0.3 is 0 Å². The molecule has 1 aliphatic heterocycles. The lowest BCUT2D eigenvalue weighted by Crippen LogP contribution is -2.40. The summed E-state index contributed by atoms with van der Waals surface area (Å²) in [5, 5.41) is 0.593. The maximum absolute atomic E-state index is 13.2. The number of aromatic nitrogens is 1. The number of nitrogens with zero attached hydrogens (tertiary/aromatic N) is 3. The average molecular weight is 492 g/mol. The molecule has 2 heterocycles. The lowest BCUT2D eigenvalue weighted by Gasteiger charge is -2.21. The summed E-state index contributed by atoms with van der Waals surface area (Å²) in [6, 6.07) is 10.8. The van der Waals surface area contributed by atoms with Crippen LogP contribution in [0.25, 0.3) is 10.2 Å². The van der Waals surface area contributed by atoms with Crippen molar-refractivity contribution in [3.8, 4) is 5.75 Å². The summed E-state index contributed by atoms with van der Waals surface area (Å²) in [6.45, 7) is 4.52. The Morgan fingerprint density at radius 1 is 1.31 bits per heavy atom. The van der Waals surface area contributed by atoms with E-state index in [-0.39, 0.29) is 11.4 Å². The third-order valence-corrected chi connectivity index (χ3v) is 8.52. The number of thiazole rings is 1. The number of hydrogen-bond donors (Lipinski definition) is 0. The van der Waals surface area contributed by atoms with Crippen molar-refractivity contribution in [3.05, 3.63) is 64.9 Å². The van der Waals surface area contributed by atoms with Crippen LogP contribution < -0.4 is 9.54 Å². The minimum atomic E-state index is -3.84. The highest BCUT2D eigenvalue weighted by molar-refractivity contribution is 7.89. The number of ether oxygens (including phenoxy) is 1. The molecular formula is C22H22ClN3O4S2. The van der Waals surface area contributed by atoms with Crippen LogP contribution in [0.3, 0.4) is 0 Å². The Bertz CT molecular complexity index is 1340. The quantitative estimate of drug-likeness (QED) is 0.491. The molecule has 4 rings (SSSR count). The number of allylic oxidation sites excluding steroid dienone is 1. The summed E-state index contributed by atoms with van der Waals surface area (Å²) < 4.78 is 35.5. The van der Waals surface area contributed by atoms with Crippen molar-refractivity contribution in [1.82, 2.24) is 8.87 Å². The smallest absolute Gasteiger partial charge is 0.266 e. The van der Waals surface area contributed by atoms with Crippen molar-refractivity contribution >= 4 is 49.1 Å². The minimum absolute atomic E-state index is 0.122. The van der Waals surface area contributed by atoms with E-state index >= 15 is 0 Å². The summed E-state index contributed by atoms with van der Waals surface area (Å²) >= 11 is 7.45. The Kier molecular flexibility index (Phi) is 6.52. The molecule has 0 aliphatic carbocycles. The van der Waals surface area contributed by atoms with Gasteiger partial charge in [-0.05, 0) is 55.3 Å². The van der Waals surface area contributed by atoms with Gasteiger partial charge in [0, 0.05) is 18.1 Å². The standard InChI is InChI=1S/C22H22ClN3O4S2/c1-3-12-25-18-11-6-15(23)14-20(18)31-22(25)24-21(27)19-5-4-13-26(19)32(28,29)17-9-7-16(30-2)8-10-17/h3,6-11,14,19H,1,4-5,12-13H2,2H3. The second-order valence-electron chi connectivity index (χ2n) is 7.30. The maximum atomic E-state index is 13.2. The predicted octanol–water partition coefficient (Wildman–Crippen LogP) is 3.83. The molecule has 0 radical (unpaired) electrons. The first kappa shape index (κ1) is 22.7. The van der Waals surface area contributed by atoms with Gasteiger partial charge in [-0.15, -0.1) is 6.58 Å². The molecule has 0 N–H and O–H groups in total. The number of methoxy groups -OCH3 is 1. The van der Waals surface area contributed by atoms with Crippen molar-refractivity contribution in [2.45, 2.75) is 30.3 Å². The van der Waals surface area contributed by atoms with Crippen LogP contribution in [0.4, 0.5) is 0 Å². The number of amides is 1. The van der Waals surface area contributed by atoms with Crippen LogP contribution in [0.2, 0.25) is 5.02 Å². The summed E-state index contributed by atoms with van der Waals surface area (Å²) in [5.74, 6) is 0.0830. The van der Waals surface area contributed by atoms with Crippen LogP contribution >= 0.6 is 22.9 Å². The molecule has 7 nitrogen and oxygen atoms in total. The number of fused-ring (bicyclic) bond motifs is 1. The van der Waals surface area contributed by atoms with Gasteiger partial charge in [-0.1, -0.05) is 29.0 Å².